The van der Waals surface area contributed by atoms with Crippen molar-refractivity contribution < 1.29 is 4.79 Å². The maximum Gasteiger partial charge on any atom is 0.325 e. The van der Waals surface area contributed by atoms with E-state index in [0.717, 1.165) is 0 Å². The van der Waals surface area contributed by atoms with Crippen LogP contribution in [0.1, 0.15) is 10.5 Å². The molecule has 3 aromatic rings. The van der Waals surface area contributed by atoms with E-state index in [1.165, 1.54) is 0 Å². The van der Waals surface area contributed by atoms with E-state index in [1.807, 2.05) is 0 Å². The zero-order chi connectivity index (χ0) is 13.4. The van der Waals surface area contributed by atoms with Gasteiger partial charge in [0.05, 0.1) is 0 Å². The first-order valence-electron chi connectivity index (χ1n) is 5.35. The molecule has 3 heterocycles. The van der Waals surface area contributed by atoms with Crippen LogP contribution < -0.4 is 11.4 Å². The normalized spacial score (nSPS) is 10.7. The molecule has 0 radical (unpaired) electrons. The van der Waals surface area contributed by atoms with Crippen LogP contribution in [0.5, 0.6) is 0 Å². The Bertz CT molecular complexity index is 820. The number of nitrogens with zero attached hydrogens (tertiary/aromatic N) is 3. The smallest absolute Gasteiger partial charge is 0.325 e. The van der Waals surface area contributed by atoms with E-state index in [4.69, 9.17) is 5.73 Å². The average molecular weight is 256 g/mol. The highest BCUT2D eigenvalue weighted by Crippen LogP contribution is 2.17. The lowest BCUT2D eigenvalue weighted by Gasteiger charge is -2.02. The van der Waals surface area contributed by atoms with Crippen LogP contribution in [0.2, 0.25) is 0 Å². The van der Waals surface area contributed by atoms with Crippen LogP contribution in [0, 0.1) is 0 Å². The van der Waals surface area contributed by atoms with Crippen molar-refractivity contribution >= 4 is 17.1 Å². The van der Waals surface area contributed by atoms with Gasteiger partial charge in [-0.1, -0.05) is 0 Å². The fourth-order valence-corrected chi connectivity index (χ4v) is 1.72. The first-order chi connectivity index (χ1) is 9.15. The third-order valence-electron chi connectivity index (χ3n) is 2.53. The SMILES string of the molecule is NC(=O)c1nc(-c2cccnc2)nc2[nH]c(=O)[nH]c12. The molecule has 0 bridgehead atoms. The predicted molar refractivity (Wildman–Crippen MR) is 66.3 cm³/mol. The summed E-state index contributed by atoms with van der Waals surface area (Å²) in [5.41, 5.74) is 5.79. The van der Waals surface area contributed by atoms with Crippen molar-refractivity contribution in [1.82, 2.24) is 24.9 Å². The Balaban J connectivity index is 2.33. The summed E-state index contributed by atoms with van der Waals surface area (Å²) in [5.74, 6) is -0.475. The molecule has 19 heavy (non-hydrogen) atoms. The number of carbonyl (C=O) groups is 1. The second kappa shape index (κ2) is 4.02. The Morgan fingerprint density at radius 3 is 2.79 bits per heavy atom. The number of pyridine rings is 1. The molecule has 0 atom stereocenters. The monoisotopic (exact) mass is 256 g/mol. The van der Waals surface area contributed by atoms with Crippen LogP contribution in [-0.4, -0.2) is 30.8 Å². The molecule has 0 unspecified atom stereocenters. The summed E-state index contributed by atoms with van der Waals surface area (Å²) in [7, 11) is 0. The number of nitrogens with two attached hydrogens (primary N) is 1. The lowest BCUT2D eigenvalue weighted by Crippen LogP contribution is -2.15. The van der Waals surface area contributed by atoms with Gasteiger partial charge in [-0.2, -0.15) is 0 Å². The highest BCUT2D eigenvalue weighted by Gasteiger charge is 2.15. The second-order valence-corrected chi connectivity index (χ2v) is 3.80. The number of imidazole rings is 1. The van der Waals surface area contributed by atoms with E-state index in [0.29, 0.717) is 5.56 Å². The van der Waals surface area contributed by atoms with Gasteiger partial charge in [0, 0.05) is 18.0 Å². The minimum atomic E-state index is -0.743. The van der Waals surface area contributed by atoms with Crippen molar-refractivity contribution in [2.75, 3.05) is 0 Å². The summed E-state index contributed by atoms with van der Waals surface area (Å²) in [6.45, 7) is 0. The topological polar surface area (TPSA) is 130 Å². The fourth-order valence-electron chi connectivity index (χ4n) is 1.72. The van der Waals surface area contributed by atoms with Gasteiger partial charge in [-0.3, -0.25) is 14.8 Å². The molecule has 0 saturated carbocycles. The maximum atomic E-state index is 11.4. The Labute approximate surface area is 105 Å². The molecule has 3 rings (SSSR count). The third-order valence-corrected chi connectivity index (χ3v) is 2.53. The van der Waals surface area contributed by atoms with Gasteiger partial charge >= 0.3 is 5.69 Å². The molecule has 0 spiro atoms. The molecule has 0 aliphatic rings. The Kier molecular flexibility index (Phi) is 2.34. The van der Waals surface area contributed by atoms with Crippen molar-refractivity contribution in [1.29, 1.82) is 0 Å². The van der Waals surface area contributed by atoms with Gasteiger partial charge in [-0.15, -0.1) is 0 Å². The van der Waals surface area contributed by atoms with E-state index in [1.54, 1.807) is 24.5 Å². The summed E-state index contributed by atoms with van der Waals surface area (Å²) in [5, 5.41) is 0. The summed E-state index contributed by atoms with van der Waals surface area (Å²) in [4.78, 5) is 39.7. The van der Waals surface area contributed by atoms with Gasteiger partial charge in [0.25, 0.3) is 5.91 Å². The van der Waals surface area contributed by atoms with E-state index in [2.05, 4.69) is 24.9 Å². The van der Waals surface area contributed by atoms with Crippen LogP contribution in [0.15, 0.2) is 29.3 Å². The average Bonchev–Trinajstić information content (AvgIpc) is 2.78. The molecule has 94 valence electrons. The molecular formula is C11H8N6O2. The molecule has 0 aliphatic carbocycles. The van der Waals surface area contributed by atoms with Gasteiger partial charge in [-0.25, -0.2) is 14.8 Å². The van der Waals surface area contributed by atoms with Crippen molar-refractivity contribution in [2.45, 2.75) is 0 Å². The number of carbonyl (C=O) groups excluding carboxylic acids is 1. The number of fused-ring (bicyclic) bond motifs is 1. The van der Waals surface area contributed by atoms with Crippen molar-refractivity contribution in [3.8, 4) is 11.4 Å². The minimum Gasteiger partial charge on any atom is -0.364 e. The molecule has 3 aromatic heterocycles. The van der Waals surface area contributed by atoms with E-state index < -0.39 is 11.6 Å². The van der Waals surface area contributed by atoms with Crippen molar-refractivity contribution in [3.05, 3.63) is 40.7 Å². The van der Waals surface area contributed by atoms with Gasteiger partial charge in [0.1, 0.15) is 5.52 Å². The first kappa shape index (κ1) is 11.1. The maximum absolute atomic E-state index is 11.4. The standard InChI is InChI=1S/C11H8N6O2/c12-8(18)6-7-10(17-11(19)15-7)16-9(14-6)5-2-1-3-13-4-5/h1-4H,(H2,12,18)(H2,14,15,16,17,19). The van der Waals surface area contributed by atoms with Crippen LogP contribution in [-0.2, 0) is 0 Å². The number of aromatic nitrogens is 5. The molecule has 4 N–H and O–H groups in total. The minimum absolute atomic E-state index is 0.0396. The summed E-state index contributed by atoms with van der Waals surface area (Å²) >= 11 is 0. The number of aromatic amines is 2. The zero-order valence-electron chi connectivity index (χ0n) is 9.54. The fraction of sp³-hybridized carbons (Fsp3) is 0. The number of nitrogens with one attached hydrogen (secondary N) is 2. The molecule has 8 heteroatoms. The number of primary amides is 1. The number of H-pyrrole nitrogens is 2. The number of hydrogen-bond acceptors (Lipinski definition) is 5. The van der Waals surface area contributed by atoms with E-state index >= 15 is 0 Å². The molecule has 1 amide bonds. The Morgan fingerprint density at radius 1 is 1.26 bits per heavy atom. The van der Waals surface area contributed by atoms with Crippen LogP contribution >= 0.6 is 0 Å². The molecule has 8 nitrogen and oxygen atoms in total. The predicted octanol–water partition coefficient (Wildman–Crippen LogP) is -0.193. The number of rotatable bonds is 2. The Morgan fingerprint density at radius 2 is 2.11 bits per heavy atom. The largest absolute Gasteiger partial charge is 0.364 e. The van der Waals surface area contributed by atoms with Gasteiger partial charge < -0.3 is 10.7 Å². The van der Waals surface area contributed by atoms with Gasteiger partial charge in [0.15, 0.2) is 17.2 Å². The van der Waals surface area contributed by atoms with Gasteiger partial charge in [0.2, 0.25) is 0 Å². The number of amides is 1. The third kappa shape index (κ3) is 1.84. The van der Waals surface area contributed by atoms with Crippen LogP contribution in [0.3, 0.4) is 0 Å². The van der Waals surface area contributed by atoms with Crippen LogP contribution in [0.25, 0.3) is 22.6 Å². The zero-order valence-corrected chi connectivity index (χ0v) is 9.54. The molecule has 0 fully saturated rings. The van der Waals surface area contributed by atoms with Crippen LogP contribution in [0.4, 0.5) is 0 Å². The molecule has 0 aliphatic heterocycles. The first-order valence-corrected chi connectivity index (χ1v) is 5.35. The highest BCUT2D eigenvalue weighted by molar-refractivity contribution is 6.01. The van der Waals surface area contributed by atoms with Crippen molar-refractivity contribution in [3.63, 3.8) is 0 Å². The Hall–Kier alpha value is -3.03. The lowest BCUT2D eigenvalue weighted by atomic mass is 10.2. The lowest BCUT2D eigenvalue weighted by molar-refractivity contribution is 0.0997. The highest BCUT2D eigenvalue weighted by atomic mass is 16.1. The summed E-state index contributed by atoms with van der Waals surface area (Å²) in [6.07, 6.45) is 3.16. The molecular weight excluding hydrogens is 248 g/mol. The quantitative estimate of drug-likeness (QED) is 0.584. The van der Waals surface area contributed by atoms with E-state index in [9.17, 15) is 9.59 Å². The van der Waals surface area contributed by atoms with Crippen molar-refractivity contribution in [2.24, 2.45) is 5.73 Å². The number of hydrogen-bond donors (Lipinski definition) is 3. The molecule has 0 saturated heterocycles. The van der Waals surface area contributed by atoms with E-state index in [-0.39, 0.29) is 22.7 Å². The second-order valence-electron chi connectivity index (χ2n) is 3.80. The van der Waals surface area contributed by atoms with Gasteiger partial charge in [-0.05, 0) is 12.1 Å². The molecule has 0 aromatic carbocycles. The summed E-state index contributed by atoms with van der Waals surface area (Å²) in [6, 6.07) is 3.45. The summed E-state index contributed by atoms with van der Waals surface area (Å²) < 4.78 is 0.